The molecule has 0 amide bonds. The molecule has 0 heterocycles. The molecule has 0 spiro atoms. The van der Waals surface area contributed by atoms with Crippen LogP contribution >= 0.6 is 0 Å². The Balaban J connectivity index is 1.75. The fraction of sp³-hybridized carbons (Fsp3) is 0.200. The molecule has 0 radical (unpaired) electrons. The molecule has 0 saturated carbocycles. The molecule has 0 aliphatic rings. The molecule has 0 aliphatic heterocycles. The van der Waals surface area contributed by atoms with Gasteiger partial charge in [0, 0.05) is 17.6 Å². The largest absolute Gasteiger partial charge is 0.490 e. The van der Waals surface area contributed by atoms with E-state index in [0.29, 0.717) is 11.5 Å². The molecule has 0 bridgehead atoms. The molecule has 6 nitrogen and oxygen atoms in total. The van der Waals surface area contributed by atoms with E-state index in [1.807, 2.05) is 66.7 Å². The topological polar surface area (TPSA) is 71.1 Å². The second-order valence-corrected chi connectivity index (χ2v) is 7.98. The van der Waals surface area contributed by atoms with Gasteiger partial charge in [-0.15, -0.1) is 0 Å². The first-order valence-electron chi connectivity index (χ1n) is 11.6. The van der Waals surface area contributed by atoms with E-state index < -0.39 is 17.4 Å². The maximum atomic E-state index is 11.1. The van der Waals surface area contributed by atoms with Crippen LogP contribution in [0.4, 0.5) is 0 Å². The Morgan fingerprint density at radius 2 is 1.03 bits per heavy atom. The number of carbonyl (C=O) groups excluding carboxylic acids is 2. The Kier molecular flexibility index (Phi) is 9.46. The standard InChI is InChI=1S/C30H30O6/c1-4-28(31)35-21-19-33-26-15-11-24(12-16-26)30(3,23-9-7-6-8-10-23)25-13-17-27(18-14-25)34-20-22-36-29(32)5-2/h4-18H,1-2,19-22H2,3H3. The molecule has 0 fully saturated rings. The molecule has 186 valence electrons. The van der Waals surface area contributed by atoms with Crippen molar-refractivity contribution in [2.24, 2.45) is 0 Å². The minimum atomic E-state index is -0.472. The summed E-state index contributed by atoms with van der Waals surface area (Å²) in [6, 6.07) is 26.1. The lowest BCUT2D eigenvalue weighted by Gasteiger charge is -2.32. The summed E-state index contributed by atoms with van der Waals surface area (Å²) in [5.41, 5.74) is 2.88. The Labute approximate surface area is 211 Å². The molecule has 3 rings (SSSR count). The zero-order chi connectivity index (χ0) is 25.8. The van der Waals surface area contributed by atoms with Gasteiger partial charge in [0.05, 0.1) is 0 Å². The highest BCUT2D eigenvalue weighted by atomic mass is 16.6. The number of esters is 2. The molecule has 3 aromatic carbocycles. The highest BCUT2D eigenvalue weighted by molar-refractivity contribution is 5.81. The van der Waals surface area contributed by atoms with Gasteiger partial charge in [0.15, 0.2) is 0 Å². The number of rotatable bonds is 13. The van der Waals surface area contributed by atoms with E-state index in [1.54, 1.807) is 0 Å². The third-order valence-corrected chi connectivity index (χ3v) is 5.74. The van der Waals surface area contributed by atoms with Crippen LogP contribution in [0.3, 0.4) is 0 Å². The molecule has 0 aliphatic carbocycles. The number of hydrogen-bond donors (Lipinski definition) is 0. The van der Waals surface area contributed by atoms with E-state index in [9.17, 15) is 9.59 Å². The Bertz CT molecular complexity index is 1080. The third-order valence-electron chi connectivity index (χ3n) is 5.74. The van der Waals surface area contributed by atoms with Gasteiger partial charge in [-0.3, -0.25) is 0 Å². The zero-order valence-corrected chi connectivity index (χ0v) is 20.4. The van der Waals surface area contributed by atoms with Crippen LogP contribution in [0.25, 0.3) is 0 Å². The maximum absolute atomic E-state index is 11.1. The minimum Gasteiger partial charge on any atom is -0.490 e. The average molecular weight is 487 g/mol. The van der Waals surface area contributed by atoms with Crippen LogP contribution < -0.4 is 9.47 Å². The second kappa shape index (κ2) is 13.0. The van der Waals surface area contributed by atoms with Crippen LogP contribution in [-0.4, -0.2) is 38.4 Å². The van der Waals surface area contributed by atoms with Crippen molar-refractivity contribution in [1.29, 1.82) is 0 Å². The van der Waals surface area contributed by atoms with Crippen LogP contribution in [0.15, 0.2) is 104 Å². The van der Waals surface area contributed by atoms with Crippen molar-refractivity contribution in [2.45, 2.75) is 12.3 Å². The fourth-order valence-electron chi connectivity index (χ4n) is 3.76. The predicted octanol–water partition coefficient (Wildman–Crippen LogP) is 5.26. The van der Waals surface area contributed by atoms with E-state index in [0.717, 1.165) is 28.8 Å². The van der Waals surface area contributed by atoms with Crippen molar-refractivity contribution in [3.8, 4) is 11.5 Å². The summed E-state index contributed by atoms with van der Waals surface area (Å²) in [4.78, 5) is 22.3. The first kappa shape index (κ1) is 26.3. The van der Waals surface area contributed by atoms with Crippen LogP contribution in [-0.2, 0) is 24.5 Å². The quantitative estimate of drug-likeness (QED) is 0.142. The van der Waals surface area contributed by atoms with E-state index in [2.05, 4.69) is 32.2 Å². The summed E-state index contributed by atoms with van der Waals surface area (Å²) in [5.74, 6) is 0.426. The number of hydrogen-bond acceptors (Lipinski definition) is 6. The van der Waals surface area contributed by atoms with Gasteiger partial charge in [-0.25, -0.2) is 9.59 Å². The van der Waals surface area contributed by atoms with Gasteiger partial charge in [0.25, 0.3) is 0 Å². The summed E-state index contributed by atoms with van der Waals surface area (Å²) in [7, 11) is 0. The lowest BCUT2D eigenvalue weighted by Crippen LogP contribution is -2.25. The Hall–Kier alpha value is -4.32. The second-order valence-electron chi connectivity index (χ2n) is 7.98. The van der Waals surface area contributed by atoms with Crippen LogP contribution in [0, 0.1) is 0 Å². The van der Waals surface area contributed by atoms with E-state index in [4.69, 9.17) is 18.9 Å². The van der Waals surface area contributed by atoms with Gasteiger partial charge in [0.2, 0.25) is 0 Å². The van der Waals surface area contributed by atoms with Crippen LogP contribution in [0.5, 0.6) is 11.5 Å². The monoisotopic (exact) mass is 486 g/mol. The van der Waals surface area contributed by atoms with Gasteiger partial charge in [-0.1, -0.05) is 67.8 Å². The zero-order valence-electron chi connectivity index (χ0n) is 20.4. The third kappa shape index (κ3) is 6.85. The van der Waals surface area contributed by atoms with E-state index in [1.165, 1.54) is 0 Å². The van der Waals surface area contributed by atoms with E-state index >= 15 is 0 Å². The number of benzene rings is 3. The summed E-state index contributed by atoms with van der Waals surface area (Å²) in [6.07, 6.45) is 2.25. The van der Waals surface area contributed by atoms with Crippen molar-refractivity contribution < 1.29 is 28.5 Å². The summed E-state index contributed by atoms with van der Waals surface area (Å²) < 4.78 is 21.3. The van der Waals surface area contributed by atoms with Crippen molar-refractivity contribution in [1.82, 2.24) is 0 Å². The smallest absolute Gasteiger partial charge is 0.330 e. The molecule has 0 N–H and O–H groups in total. The predicted molar refractivity (Wildman–Crippen MR) is 138 cm³/mol. The molecule has 0 unspecified atom stereocenters. The summed E-state index contributed by atoms with van der Waals surface area (Å²) in [6.45, 7) is 9.73. The molecule has 36 heavy (non-hydrogen) atoms. The maximum Gasteiger partial charge on any atom is 0.330 e. The fourth-order valence-corrected chi connectivity index (χ4v) is 3.76. The highest BCUT2D eigenvalue weighted by Crippen LogP contribution is 2.39. The SMILES string of the molecule is C=CC(=O)OCCOc1ccc(C(C)(c2ccccc2)c2ccc(OCCOC(=O)C=C)cc2)cc1. The molecule has 3 aromatic rings. The Morgan fingerprint density at radius 3 is 1.42 bits per heavy atom. The molecular weight excluding hydrogens is 456 g/mol. The van der Waals surface area contributed by atoms with Gasteiger partial charge in [-0.2, -0.15) is 0 Å². The number of ether oxygens (including phenoxy) is 4. The van der Waals surface area contributed by atoms with Gasteiger partial charge >= 0.3 is 11.9 Å². The lowest BCUT2D eigenvalue weighted by molar-refractivity contribution is -0.139. The van der Waals surface area contributed by atoms with Crippen LogP contribution in [0.2, 0.25) is 0 Å². The van der Waals surface area contributed by atoms with Crippen molar-refractivity contribution in [3.63, 3.8) is 0 Å². The molecule has 0 atom stereocenters. The highest BCUT2D eigenvalue weighted by Gasteiger charge is 2.31. The van der Waals surface area contributed by atoms with Crippen molar-refractivity contribution in [3.05, 3.63) is 121 Å². The summed E-state index contributed by atoms with van der Waals surface area (Å²) >= 11 is 0. The van der Waals surface area contributed by atoms with Gasteiger partial charge in [0.1, 0.15) is 37.9 Å². The van der Waals surface area contributed by atoms with E-state index in [-0.39, 0.29) is 26.4 Å². The Morgan fingerprint density at radius 1 is 0.639 bits per heavy atom. The normalized spacial score (nSPS) is 10.7. The van der Waals surface area contributed by atoms with Crippen molar-refractivity contribution in [2.75, 3.05) is 26.4 Å². The van der Waals surface area contributed by atoms with Crippen molar-refractivity contribution >= 4 is 11.9 Å². The van der Waals surface area contributed by atoms with Gasteiger partial charge in [-0.05, 0) is 47.9 Å². The summed E-state index contributed by atoms with van der Waals surface area (Å²) in [5, 5.41) is 0. The molecular formula is C30H30O6. The first-order chi connectivity index (χ1) is 17.5. The number of carbonyl (C=O) groups is 2. The molecule has 0 aromatic heterocycles. The van der Waals surface area contributed by atoms with Gasteiger partial charge < -0.3 is 18.9 Å². The van der Waals surface area contributed by atoms with Crippen LogP contribution in [0.1, 0.15) is 23.6 Å². The minimum absolute atomic E-state index is 0.152. The molecule has 6 heteroatoms. The first-order valence-corrected chi connectivity index (χ1v) is 11.6. The average Bonchev–Trinajstić information content (AvgIpc) is 2.93. The lowest BCUT2D eigenvalue weighted by atomic mass is 9.71. The molecule has 0 saturated heterocycles.